The normalized spacial score (nSPS) is 8.47. The van der Waals surface area contributed by atoms with Crippen molar-refractivity contribution in [3.05, 3.63) is 59.7 Å². The molecule has 17 heavy (non-hydrogen) atoms. The Kier molecular flexibility index (Phi) is 12.4. The minimum absolute atomic E-state index is 0.556. The van der Waals surface area contributed by atoms with Crippen LogP contribution in [-0.4, -0.2) is 0 Å². The average Bonchev–Trinajstić information content (AvgIpc) is 3.04. The third kappa shape index (κ3) is 9.67. The predicted octanol–water partition coefficient (Wildman–Crippen LogP) is 5.31. The van der Waals surface area contributed by atoms with Gasteiger partial charge in [0.1, 0.15) is 0 Å². The first-order valence-electron chi connectivity index (χ1n) is 5.65. The van der Waals surface area contributed by atoms with E-state index in [0.29, 0.717) is 0 Å². The molecule has 0 aliphatic heterocycles. The third-order valence-corrected chi connectivity index (χ3v) is 2.28. The van der Waals surface area contributed by atoms with Crippen LogP contribution in [0.3, 0.4) is 0 Å². The fraction of sp³-hybridized carbons (Fsp3) is 0.286. The Morgan fingerprint density at radius 2 is 1.00 bits per heavy atom. The summed E-state index contributed by atoms with van der Waals surface area (Å²) in [7, 11) is 9.78. The maximum atomic E-state index is 4.89. The van der Waals surface area contributed by atoms with Gasteiger partial charge in [-0.15, -0.1) is 0 Å². The Hall–Kier alpha value is -0.00571. The molecule has 94 valence electrons. The fourth-order valence-corrected chi connectivity index (χ4v) is 1.30. The minimum atomic E-state index is -0.556. The molecule has 0 aliphatic carbocycles. The first-order valence-corrected chi connectivity index (χ1v) is 9.95. The van der Waals surface area contributed by atoms with Crippen LogP contribution < -0.4 is 0 Å². The van der Waals surface area contributed by atoms with E-state index < -0.39 is 17.0 Å². The first-order chi connectivity index (χ1) is 8.28. The van der Waals surface area contributed by atoms with Crippen LogP contribution in [0.4, 0.5) is 0 Å². The van der Waals surface area contributed by atoms with Crippen LogP contribution in [0.15, 0.2) is 48.5 Å². The van der Waals surface area contributed by atoms with Gasteiger partial charge in [0.25, 0.3) is 0 Å². The topological polar surface area (TPSA) is 0 Å². The molecule has 3 heteroatoms. The summed E-state index contributed by atoms with van der Waals surface area (Å²) in [5, 5.41) is 0. The van der Waals surface area contributed by atoms with Crippen molar-refractivity contribution in [2.24, 2.45) is 0 Å². The molecule has 0 N–H and O–H groups in total. The number of aryl methyl sites for hydroxylation is 2. The van der Waals surface area contributed by atoms with Gasteiger partial charge in [-0.25, -0.2) is 24.3 Å². The van der Waals surface area contributed by atoms with E-state index in [9.17, 15) is 0 Å². The number of hydrogen-bond acceptors (Lipinski definition) is 0. The number of halogens is 2. The van der Waals surface area contributed by atoms with Gasteiger partial charge in [0.05, 0.1) is 0 Å². The quantitative estimate of drug-likeness (QED) is 0.521. The van der Waals surface area contributed by atoms with E-state index in [-0.39, 0.29) is 0 Å². The molecule has 0 nitrogen and oxygen atoms in total. The van der Waals surface area contributed by atoms with Gasteiger partial charge in [-0.2, -0.15) is 35.4 Å². The summed E-state index contributed by atoms with van der Waals surface area (Å²) in [5.41, 5.74) is 2.86. The van der Waals surface area contributed by atoms with Crippen molar-refractivity contribution in [3.63, 3.8) is 0 Å². The predicted molar refractivity (Wildman–Crippen MR) is 74.5 cm³/mol. The van der Waals surface area contributed by atoms with E-state index in [1.807, 2.05) is 0 Å². The molecular formula is C14H18Cl2Ti-2. The molecule has 0 fully saturated rings. The van der Waals surface area contributed by atoms with Gasteiger partial charge in [-0.3, -0.25) is 0 Å². The standard InChI is InChI=1S/2C7H9.2ClH.Ti/c2*1-2-7-5-3-4-6-7;;;/h2*3-6H,2H2,1H3;2*1H;/q2*-1;;;+2/p-2. The van der Waals surface area contributed by atoms with Crippen molar-refractivity contribution in [1.82, 2.24) is 0 Å². The molecule has 0 aromatic heterocycles. The third-order valence-electron chi connectivity index (χ3n) is 2.28. The molecule has 2 aromatic carbocycles. The van der Waals surface area contributed by atoms with Crippen molar-refractivity contribution in [3.8, 4) is 0 Å². The molecule has 0 aliphatic rings. The zero-order valence-electron chi connectivity index (χ0n) is 10.3. The van der Waals surface area contributed by atoms with Crippen LogP contribution in [0.25, 0.3) is 0 Å². The maximum absolute atomic E-state index is 4.89. The SMILES string of the molecule is CC[c-]1cccc1.CC[c-]1cccc1.[Cl][Ti][Cl]. The average molecular weight is 305 g/mol. The zero-order chi connectivity index (χ0) is 12.9. The Morgan fingerprint density at radius 1 is 0.765 bits per heavy atom. The van der Waals surface area contributed by atoms with Gasteiger partial charge in [0.15, 0.2) is 0 Å². The van der Waals surface area contributed by atoms with E-state index >= 15 is 0 Å². The zero-order valence-corrected chi connectivity index (χ0v) is 13.4. The van der Waals surface area contributed by atoms with Crippen LogP contribution in [0.2, 0.25) is 0 Å². The van der Waals surface area contributed by atoms with Gasteiger partial charge in [-0.05, 0) is 0 Å². The molecule has 0 spiro atoms. The Morgan fingerprint density at radius 3 is 1.12 bits per heavy atom. The second-order valence-electron chi connectivity index (χ2n) is 3.36. The monoisotopic (exact) mass is 304 g/mol. The fourth-order valence-electron chi connectivity index (χ4n) is 1.30. The van der Waals surface area contributed by atoms with Crippen molar-refractivity contribution in [2.45, 2.75) is 26.7 Å². The van der Waals surface area contributed by atoms with Gasteiger partial charge >= 0.3 is 35.6 Å². The number of rotatable bonds is 2. The molecule has 0 amide bonds. The summed E-state index contributed by atoms with van der Waals surface area (Å²) in [4.78, 5) is 0. The first kappa shape index (κ1) is 17.0. The van der Waals surface area contributed by atoms with Gasteiger partial charge < -0.3 is 0 Å². The van der Waals surface area contributed by atoms with Crippen LogP contribution >= 0.6 is 18.6 Å². The van der Waals surface area contributed by atoms with E-state index in [1.165, 1.54) is 11.1 Å². The summed E-state index contributed by atoms with van der Waals surface area (Å²) in [6.45, 7) is 4.32. The summed E-state index contributed by atoms with van der Waals surface area (Å²) in [5.74, 6) is 0. The summed E-state index contributed by atoms with van der Waals surface area (Å²) < 4.78 is 0. The summed E-state index contributed by atoms with van der Waals surface area (Å²) in [6.07, 6.45) is 2.32. The van der Waals surface area contributed by atoms with Crippen LogP contribution in [0.5, 0.6) is 0 Å². The van der Waals surface area contributed by atoms with E-state index in [1.54, 1.807) is 0 Å². The Balaban J connectivity index is 0.000000247. The van der Waals surface area contributed by atoms with Crippen molar-refractivity contribution in [1.29, 1.82) is 0 Å². The Bertz CT molecular complexity index is 291. The van der Waals surface area contributed by atoms with Gasteiger partial charge in [-0.1, -0.05) is 26.7 Å². The van der Waals surface area contributed by atoms with Gasteiger partial charge in [0, 0.05) is 0 Å². The van der Waals surface area contributed by atoms with Crippen LogP contribution in [-0.2, 0) is 29.9 Å². The van der Waals surface area contributed by atoms with Gasteiger partial charge in [0.2, 0.25) is 0 Å². The summed E-state index contributed by atoms with van der Waals surface area (Å²) in [6, 6.07) is 16.8. The molecular weight excluding hydrogens is 287 g/mol. The second-order valence-corrected chi connectivity index (χ2v) is 5.94. The molecule has 0 unspecified atom stereocenters. The van der Waals surface area contributed by atoms with Crippen LogP contribution in [0, 0.1) is 0 Å². The molecule has 0 saturated carbocycles. The summed E-state index contributed by atoms with van der Waals surface area (Å²) >= 11 is -0.556. The Labute approximate surface area is 121 Å². The van der Waals surface area contributed by atoms with Crippen molar-refractivity contribution in [2.75, 3.05) is 0 Å². The molecule has 2 aromatic rings. The van der Waals surface area contributed by atoms with Crippen molar-refractivity contribution < 1.29 is 17.0 Å². The second kappa shape index (κ2) is 12.5. The van der Waals surface area contributed by atoms with E-state index in [0.717, 1.165) is 12.8 Å². The molecule has 2 rings (SSSR count). The van der Waals surface area contributed by atoms with E-state index in [4.69, 9.17) is 18.6 Å². The van der Waals surface area contributed by atoms with E-state index in [2.05, 4.69) is 62.4 Å². The molecule has 0 radical (unpaired) electrons. The molecule has 0 bridgehead atoms. The van der Waals surface area contributed by atoms with Crippen LogP contribution in [0.1, 0.15) is 25.0 Å². The molecule has 0 saturated heterocycles. The number of hydrogen-bond donors (Lipinski definition) is 0. The molecule has 0 atom stereocenters. The van der Waals surface area contributed by atoms with Crippen molar-refractivity contribution >= 4 is 18.6 Å². The molecule has 0 heterocycles.